The van der Waals surface area contributed by atoms with Gasteiger partial charge >= 0.3 is 6.18 Å². The average molecular weight is 363 g/mol. The van der Waals surface area contributed by atoms with Crippen molar-refractivity contribution in [1.29, 1.82) is 0 Å². The lowest BCUT2D eigenvalue weighted by Crippen LogP contribution is -2.40. The van der Waals surface area contributed by atoms with Crippen molar-refractivity contribution in [3.8, 4) is 0 Å². The predicted octanol–water partition coefficient (Wildman–Crippen LogP) is 3.36. The van der Waals surface area contributed by atoms with E-state index in [9.17, 15) is 13.2 Å². The molecule has 1 aliphatic heterocycles. The van der Waals surface area contributed by atoms with Crippen LogP contribution in [0.2, 0.25) is 0 Å². The predicted molar refractivity (Wildman–Crippen MR) is 76.7 cm³/mol. The van der Waals surface area contributed by atoms with Gasteiger partial charge in [0.2, 0.25) is 0 Å². The Morgan fingerprint density at radius 3 is 2.81 bits per heavy atom. The minimum atomic E-state index is -4.45. The standard InChI is InChI=1S/C13H14BrF3N4/c1-8-7-20(4-2-9(8)14)12-10-6-11(13(15,16)17)19-21(10)5-3-18-12/h3,5-6,8-9H,2,4,7H2,1H3. The van der Waals surface area contributed by atoms with Gasteiger partial charge in [-0.1, -0.05) is 22.9 Å². The van der Waals surface area contributed by atoms with Crippen molar-refractivity contribution in [3.05, 3.63) is 24.2 Å². The molecule has 0 spiro atoms. The Kier molecular flexibility index (Phi) is 3.59. The third-order valence-electron chi connectivity index (χ3n) is 3.76. The molecule has 0 aliphatic carbocycles. The van der Waals surface area contributed by atoms with Gasteiger partial charge in [0.05, 0.1) is 0 Å². The molecule has 2 aromatic heterocycles. The van der Waals surface area contributed by atoms with E-state index < -0.39 is 11.9 Å². The second-order valence-corrected chi connectivity index (χ2v) is 6.51. The van der Waals surface area contributed by atoms with Crippen molar-refractivity contribution in [2.45, 2.75) is 24.3 Å². The Balaban J connectivity index is 2.01. The van der Waals surface area contributed by atoms with E-state index in [1.54, 1.807) is 0 Å². The summed E-state index contributed by atoms with van der Waals surface area (Å²) in [5.74, 6) is 0.970. The van der Waals surface area contributed by atoms with Crippen molar-refractivity contribution < 1.29 is 13.2 Å². The summed E-state index contributed by atoms with van der Waals surface area (Å²) >= 11 is 3.62. The summed E-state index contributed by atoms with van der Waals surface area (Å²) in [6, 6.07) is 1.06. The molecule has 0 N–H and O–H groups in total. The molecule has 21 heavy (non-hydrogen) atoms. The van der Waals surface area contributed by atoms with E-state index in [0.717, 1.165) is 25.6 Å². The Labute approximate surface area is 128 Å². The Morgan fingerprint density at radius 2 is 2.14 bits per heavy atom. The number of nitrogens with zero attached hydrogens (tertiary/aromatic N) is 4. The van der Waals surface area contributed by atoms with Gasteiger partial charge in [-0.25, -0.2) is 9.50 Å². The molecule has 3 heterocycles. The molecule has 0 aromatic carbocycles. The molecule has 0 radical (unpaired) electrons. The molecular formula is C13H14BrF3N4. The van der Waals surface area contributed by atoms with Crippen LogP contribution in [0, 0.1) is 5.92 Å². The van der Waals surface area contributed by atoms with E-state index in [-0.39, 0.29) is 0 Å². The number of anilines is 1. The lowest BCUT2D eigenvalue weighted by atomic mass is 10.00. The van der Waals surface area contributed by atoms with Gasteiger partial charge in [-0.3, -0.25) is 0 Å². The van der Waals surface area contributed by atoms with Crippen molar-refractivity contribution in [2.24, 2.45) is 5.92 Å². The van der Waals surface area contributed by atoms with Crippen LogP contribution in [0.1, 0.15) is 19.0 Å². The smallest absolute Gasteiger partial charge is 0.354 e. The normalized spacial score (nSPS) is 23.8. The minimum Gasteiger partial charge on any atom is -0.354 e. The first-order valence-electron chi connectivity index (χ1n) is 6.67. The minimum absolute atomic E-state index is 0.394. The van der Waals surface area contributed by atoms with Crippen LogP contribution in [0.15, 0.2) is 18.5 Å². The van der Waals surface area contributed by atoms with Crippen LogP contribution in [0.5, 0.6) is 0 Å². The van der Waals surface area contributed by atoms with Gasteiger partial charge in [0.15, 0.2) is 11.5 Å². The lowest BCUT2D eigenvalue weighted by molar-refractivity contribution is -0.141. The summed E-state index contributed by atoms with van der Waals surface area (Å²) in [7, 11) is 0. The SMILES string of the molecule is CC1CN(c2nccn3nc(C(F)(F)F)cc23)CCC1Br. The molecule has 1 saturated heterocycles. The first-order chi connectivity index (χ1) is 9.86. The highest BCUT2D eigenvalue weighted by Gasteiger charge is 2.35. The average Bonchev–Trinajstić information content (AvgIpc) is 2.86. The molecule has 1 fully saturated rings. The van der Waals surface area contributed by atoms with E-state index >= 15 is 0 Å². The van der Waals surface area contributed by atoms with Gasteiger partial charge in [-0.05, 0) is 12.3 Å². The highest BCUT2D eigenvalue weighted by atomic mass is 79.9. The zero-order valence-electron chi connectivity index (χ0n) is 11.3. The topological polar surface area (TPSA) is 33.4 Å². The van der Waals surface area contributed by atoms with Crippen molar-refractivity contribution >= 4 is 27.3 Å². The van der Waals surface area contributed by atoms with Crippen LogP contribution in [0.3, 0.4) is 0 Å². The summed E-state index contributed by atoms with van der Waals surface area (Å²) in [6.07, 6.45) is -0.585. The third kappa shape index (κ3) is 2.73. The first kappa shape index (κ1) is 14.6. The molecule has 0 bridgehead atoms. The van der Waals surface area contributed by atoms with E-state index in [1.807, 2.05) is 4.90 Å². The molecule has 114 valence electrons. The maximum atomic E-state index is 12.8. The zero-order chi connectivity index (χ0) is 15.2. The summed E-state index contributed by atoms with van der Waals surface area (Å²) < 4.78 is 39.6. The first-order valence-corrected chi connectivity index (χ1v) is 7.58. The summed E-state index contributed by atoms with van der Waals surface area (Å²) in [5.41, 5.74) is -0.495. The summed E-state index contributed by atoms with van der Waals surface area (Å²) in [5, 5.41) is 3.59. The number of aromatic nitrogens is 3. The van der Waals surface area contributed by atoms with Gasteiger partial charge in [0.1, 0.15) is 5.52 Å². The molecule has 0 saturated carbocycles. The van der Waals surface area contributed by atoms with Crippen LogP contribution >= 0.6 is 15.9 Å². The highest BCUT2D eigenvalue weighted by Crippen LogP contribution is 2.32. The maximum Gasteiger partial charge on any atom is 0.435 e. The van der Waals surface area contributed by atoms with Gasteiger partial charge in [0.25, 0.3) is 0 Å². The number of piperidine rings is 1. The van der Waals surface area contributed by atoms with E-state index in [4.69, 9.17) is 0 Å². The van der Waals surface area contributed by atoms with Crippen LogP contribution in [-0.4, -0.2) is 32.5 Å². The van der Waals surface area contributed by atoms with Crippen LogP contribution < -0.4 is 4.90 Å². The molecule has 2 aromatic rings. The van der Waals surface area contributed by atoms with Crippen molar-refractivity contribution in [2.75, 3.05) is 18.0 Å². The largest absolute Gasteiger partial charge is 0.435 e. The third-order valence-corrected chi connectivity index (χ3v) is 5.12. The van der Waals surface area contributed by atoms with Gasteiger partial charge in [-0.2, -0.15) is 18.3 Å². The zero-order valence-corrected chi connectivity index (χ0v) is 12.9. The second-order valence-electron chi connectivity index (χ2n) is 5.34. The lowest BCUT2D eigenvalue weighted by Gasteiger charge is -2.35. The van der Waals surface area contributed by atoms with E-state index in [1.165, 1.54) is 16.9 Å². The van der Waals surface area contributed by atoms with Crippen LogP contribution in [-0.2, 0) is 6.18 Å². The highest BCUT2D eigenvalue weighted by molar-refractivity contribution is 9.09. The van der Waals surface area contributed by atoms with Crippen molar-refractivity contribution in [3.63, 3.8) is 0 Å². The number of rotatable bonds is 1. The van der Waals surface area contributed by atoms with Gasteiger partial charge < -0.3 is 4.90 Å². The molecule has 4 nitrogen and oxygen atoms in total. The molecule has 8 heteroatoms. The number of fused-ring (bicyclic) bond motifs is 1. The number of halogens is 4. The maximum absolute atomic E-state index is 12.8. The number of alkyl halides is 4. The quantitative estimate of drug-likeness (QED) is 0.729. The Morgan fingerprint density at radius 1 is 1.38 bits per heavy atom. The molecule has 2 unspecified atom stereocenters. The fourth-order valence-corrected chi connectivity index (χ4v) is 2.97. The molecule has 2 atom stereocenters. The fraction of sp³-hybridized carbons (Fsp3) is 0.538. The monoisotopic (exact) mass is 362 g/mol. The summed E-state index contributed by atoms with van der Waals surface area (Å²) in [6.45, 7) is 3.64. The molecular weight excluding hydrogens is 349 g/mol. The van der Waals surface area contributed by atoms with E-state index in [2.05, 4.69) is 32.9 Å². The van der Waals surface area contributed by atoms with Crippen molar-refractivity contribution in [1.82, 2.24) is 14.6 Å². The molecule has 0 amide bonds. The summed E-state index contributed by atoms with van der Waals surface area (Å²) in [4.78, 5) is 6.73. The fourth-order valence-electron chi connectivity index (χ4n) is 2.60. The van der Waals surface area contributed by atoms with Crippen LogP contribution in [0.25, 0.3) is 5.52 Å². The number of hydrogen-bond donors (Lipinski definition) is 0. The molecule has 1 aliphatic rings. The Hall–Kier alpha value is -1.31. The molecule has 3 rings (SSSR count). The van der Waals surface area contributed by atoms with Crippen LogP contribution in [0.4, 0.5) is 19.0 Å². The second kappa shape index (κ2) is 5.15. The van der Waals surface area contributed by atoms with E-state index in [0.29, 0.717) is 22.1 Å². The van der Waals surface area contributed by atoms with Gasteiger partial charge in [0, 0.05) is 36.4 Å². The Bertz CT molecular complexity index is 654. The number of hydrogen-bond acceptors (Lipinski definition) is 3. The van der Waals surface area contributed by atoms with Gasteiger partial charge in [-0.15, -0.1) is 0 Å².